The van der Waals surface area contributed by atoms with Gasteiger partial charge in [-0.25, -0.2) is 0 Å². The molecule has 0 aliphatic rings. The first-order valence-corrected chi connectivity index (χ1v) is 2.79. The second-order valence-electron chi connectivity index (χ2n) is 1.78. The zero-order valence-corrected chi connectivity index (χ0v) is 5.81. The van der Waals surface area contributed by atoms with Gasteiger partial charge in [0, 0.05) is 5.57 Å². The standard InChI is InChI=1S/C6H10N2O2/c1-5(2)6(10)8-3-7-4-9/h4H,1,3H2,2H3,(H,7,9)(H,8,10). The minimum Gasteiger partial charge on any atom is -0.341 e. The highest BCUT2D eigenvalue weighted by Crippen LogP contribution is 1.82. The summed E-state index contributed by atoms with van der Waals surface area (Å²) in [5.74, 6) is -0.255. The molecule has 0 saturated carbocycles. The van der Waals surface area contributed by atoms with Gasteiger partial charge in [-0.15, -0.1) is 0 Å². The molecule has 0 rings (SSSR count). The molecule has 2 N–H and O–H groups in total. The third-order valence-electron chi connectivity index (χ3n) is 0.822. The minimum absolute atomic E-state index is 0.148. The van der Waals surface area contributed by atoms with Crippen molar-refractivity contribution in [2.45, 2.75) is 6.92 Å². The van der Waals surface area contributed by atoms with Crippen LogP contribution in [0, 0.1) is 0 Å². The van der Waals surface area contributed by atoms with Gasteiger partial charge >= 0.3 is 0 Å². The van der Waals surface area contributed by atoms with Crippen LogP contribution >= 0.6 is 0 Å². The summed E-state index contributed by atoms with van der Waals surface area (Å²) >= 11 is 0. The van der Waals surface area contributed by atoms with Gasteiger partial charge in [-0.3, -0.25) is 9.59 Å². The normalized spacial score (nSPS) is 8.10. The lowest BCUT2D eigenvalue weighted by Crippen LogP contribution is -2.33. The molecule has 4 heteroatoms. The van der Waals surface area contributed by atoms with Crippen LogP contribution in [0.1, 0.15) is 6.92 Å². The first-order chi connectivity index (χ1) is 4.68. The van der Waals surface area contributed by atoms with Crippen LogP contribution in [0.4, 0.5) is 0 Å². The van der Waals surface area contributed by atoms with Gasteiger partial charge in [0.2, 0.25) is 12.3 Å². The monoisotopic (exact) mass is 142 g/mol. The zero-order valence-electron chi connectivity index (χ0n) is 5.81. The maximum Gasteiger partial charge on any atom is 0.247 e. The van der Waals surface area contributed by atoms with E-state index in [4.69, 9.17) is 0 Å². The highest BCUT2D eigenvalue weighted by atomic mass is 16.2. The van der Waals surface area contributed by atoms with Crippen molar-refractivity contribution < 1.29 is 9.59 Å². The topological polar surface area (TPSA) is 58.2 Å². The van der Waals surface area contributed by atoms with E-state index >= 15 is 0 Å². The summed E-state index contributed by atoms with van der Waals surface area (Å²) in [5, 5.41) is 4.68. The molecule has 10 heavy (non-hydrogen) atoms. The molecule has 0 aromatic carbocycles. The number of hydrogen-bond donors (Lipinski definition) is 2. The van der Waals surface area contributed by atoms with Crippen LogP contribution in [0.3, 0.4) is 0 Å². The molecule has 0 aromatic rings. The van der Waals surface area contributed by atoms with Crippen LogP contribution in [0.15, 0.2) is 12.2 Å². The molecular weight excluding hydrogens is 132 g/mol. The van der Waals surface area contributed by atoms with Crippen molar-refractivity contribution in [1.82, 2.24) is 10.6 Å². The second kappa shape index (κ2) is 4.55. The summed E-state index contributed by atoms with van der Waals surface area (Å²) in [7, 11) is 0. The molecule has 0 aromatic heterocycles. The molecular formula is C6H10N2O2. The van der Waals surface area contributed by atoms with Gasteiger partial charge in [-0.2, -0.15) is 0 Å². The first-order valence-electron chi connectivity index (χ1n) is 2.79. The van der Waals surface area contributed by atoms with Crippen molar-refractivity contribution in [1.29, 1.82) is 0 Å². The summed E-state index contributed by atoms with van der Waals surface area (Å²) in [4.78, 5) is 20.3. The van der Waals surface area contributed by atoms with E-state index in [2.05, 4.69) is 17.2 Å². The molecule has 0 bridgehead atoms. The third kappa shape index (κ3) is 3.65. The number of amides is 2. The molecule has 0 spiro atoms. The van der Waals surface area contributed by atoms with Gasteiger partial charge in [0.25, 0.3) is 0 Å². The van der Waals surface area contributed by atoms with E-state index in [0.717, 1.165) is 0 Å². The Bertz CT molecular complexity index is 154. The quantitative estimate of drug-likeness (QED) is 0.238. The second-order valence-corrected chi connectivity index (χ2v) is 1.78. The van der Waals surface area contributed by atoms with E-state index < -0.39 is 0 Å². The predicted octanol–water partition coefficient (Wildman–Crippen LogP) is -0.618. The summed E-state index contributed by atoms with van der Waals surface area (Å²) < 4.78 is 0. The lowest BCUT2D eigenvalue weighted by molar-refractivity contribution is -0.117. The Hall–Kier alpha value is -1.32. The number of carbonyl (C=O) groups excluding carboxylic acids is 2. The van der Waals surface area contributed by atoms with Gasteiger partial charge in [0.15, 0.2) is 0 Å². The average Bonchev–Trinajstić information content (AvgIpc) is 1.88. The molecule has 56 valence electrons. The molecule has 0 unspecified atom stereocenters. The molecule has 0 atom stereocenters. The Morgan fingerprint density at radius 1 is 1.70 bits per heavy atom. The maximum absolute atomic E-state index is 10.7. The van der Waals surface area contributed by atoms with Crippen LogP contribution in [0.2, 0.25) is 0 Å². The minimum atomic E-state index is -0.255. The Labute approximate surface area is 59.3 Å². The van der Waals surface area contributed by atoms with Crippen molar-refractivity contribution in [3.63, 3.8) is 0 Å². The third-order valence-corrected chi connectivity index (χ3v) is 0.822. The van der Waals surface area contributed by atoms with E-state index in [-0.39, 0.29) is 12.6 Å². The van der Waals surface area contributed by atoms with Gasteiger partial charge in [-0.05, 0) is 6.92 Å². The fourth-order valence-corrected chi connectivity index (χ4v) is 0.324. The molecule has 0 aliphatic carbocycles. The molecule has 0 heterocycles. The highest BCUT2D eigenvalue weighted by molar-refractivity contribution is 5.92. The van der Waals surface area contributed by atoms with Gasteiger partial charge in [-0.1, -0.05) is 6.58 Å². The zero-order chi connectivity index (χ0) is 7.98. The number of rotatable bonds is 4. The van der Waals surface area contributed by atoms with Crippen molar-refractivity contribution >= 4 is 12.3 Å². The molecule has 0 aliphatic heterocycles. The predicted molar refractivity (Wildman–Crippen MR) is 37.0 cm³/mol. The lowest BCUT2D eigenvalue weighted by Gasteiger charge is -2.01. The van der Waals surface area contributed by atoms with Crippen molar-refractivity contribution in [2.75, 3.05) is 6.67 Å². The fraction of sp³-hybridized carbons (Fsp3) is 0.333. The largest absolute Gasteiger partial charge is 0.341 e. The van der Waals surface area contributed by atoms with Gasteiger partial charge < -0.3 is 10.6 Å². The number of nitrogens with one attached hydrogen (secondary N) is 2. The Morgan fingerprint density at radius 3 is 2.70 bits per heavy atom. The Morgan fingerprint density at radius 2 is 2.30 bits per heavy atom. The lowest BCUT2D eigenvalue weighted by atomic mass is 10.3. The van der Waals surface area contributed by atoms with Gasteiger partial charge in [0.05, 0.1) is 6.67 Å². The van der Waals surface area contributed by atoms with Gasteiger partial charge in [0.1, 0.15) is 0 Å². The summed E-state index contributed by atoms with van der Waals surface area (Å²) in [5.41, 5.74) is 0.424. The summed E-state index contributed by atoms with van der Waals surface area (Å²) in [6.07, 6.45) is 0.513. The SMILES string of the molecule is C=C(C)C(=O)NCNC=O. The Balaban J connectivity index is 3.40. The molecule has 4 nitrogen and oxygen atoms in total. The average molecular weight is 142 g/mol. The van der Waals surface area contributed by atoms with Crippen LogP contribution < -0.4 is 10.6 Å². The van der Waals surface area contributed by atoms with Crippen LogP contribution in [-0.2, 0) is 9.59 Å². The van der Waals surface area contributed by atoms with E-state index in [0.29, 0.717) is 12.0 Å². The molecule has 0 fully saturated rings. The number of hydrogen-bond acceptors (Lipinski definition) is 2. The maximum atomic E-state index is 10.7. The van der Waals surface area contributed by atoms with E-state index in [1.165, 1.54) is 0 Å². The van der Waals surface area contributed by atoms with Crippen molar-refractivity contribution in [3.8, 4) is 0 Å². The van der Waals surface area contributed by atoms with Crippen LogP contribution in [0.25, 0.3) is 0 Å². The number of carbonyl (C=O) groups is 2. The van der Waals surface area contributed by atoms with Crippen LogP contribution in [-0.4, -0.2) is 19.0 Å². The molecule has 0 radical (unpaired) electrons. The first kappa shape index (κ1) is 8.68. The van der Waals surface area contributed by atoms with Crippen molar-refractivity contribution in [2.24, 2.45) is 0 Å². The van der Waals surface area contributed by atoms with E-state index in [1.807, 2.05) is 0 Å². The molecule has 2 amide bonds. The van der Waals surface area contributed by atoms with Crippen molar-refractivity contribution in [3.05, 3.63) is 12.2 Å². The fourth-order valence-electron chi connectivity index (χ4n) is 0.324. The molecule has 0 saturated heterocycles. The summed E-state index contributed by atoms with van der Waals surface area (Å²) in [6, 6.07) is 0. The highest BCUT2D eigenvalue weighted by Gasteiger charge is 1.97. The summed E-state index contributed by atoms with van der Waals surface area (Å²) in [6.45, 7) is 5.15. The van der Waals surface area contributed by atoms with E-state index in [9.17, 15) is 9.59 Å². The van der Waals surface area contributed by atoms with E-state index in [1.54, 1.807) is 6.92 Å². The smallest absolute Gasteiger partial charge is 0.247 e. The Kier molecular flexibility index (Phi) is 3.95. The van der Waals surface area contributed by atoms with Crippen LogP contribution in [0.5, 0.6) is 0 Å².